The zero-order chi connectivity index (χ0) is 15.4. The number of amides is 2. The SMILES string of the molecule is CC(O)C1CCN(C(=O)NCc2cn(CC(=O)O)nn2)C1. The summed E-state index contributed by atoms with van der Waals surface area (Å²) >= 11 is 0. The first-order valence-electron chi connectivity index (χ1n) is 6.77. The van der Waals surface area contributed by atoms with Crippen molar-refractivity contribution in [1.82, 2.24) is 25.2 Å². The Morgan fingerprint density at radius 2 is 2.33 bits per heavy atom. The largest absolute Gasteiger partial charge is 0.480 e. The van der Waals surface area contributed by atoms with Gasteiger partial charge < -0.3 is 20.4 Å². The smallest absolute Gasteiger partial charge is 0.325 e. The highest BCUT2D eigenvalue weighted by Gasteiger charge is 2.28. The molecule has 1 saturated heterocycles. The standard InChI is InChI=1S/C12H19N5O4/c1-8(18)9-2-3-16(5-9)12(21)13-4-10-6-17(15-14-10)7-11(19)20/h6,8-9,18H,2-5,7H2,1H3,(H,13,21)(H,19,20). The van der Waals surface area contributed by atoms with E-state index in [1.807, 2.05) is 0 Å². The van der Waals surface area contributed by atoms with Crippen molar-refractivity contribution in [2.45, 2.75) is 32.5 Å². The van der Waals surface area contributed by atoms with Gasteiger partial charge in [0.2, 0.25) is 0 Å². The van der Waals surface area contributed by atoms with Gasteiger partial charge >= 0.3 is 12.0 Å². The number of carbonyl (C=O) groups excluding carboxylic acids is 1. The van der Waals surface area contributed by atoms with Crippen molar-refractivity contribution in [1.29, 1.82) is 0 Å². The molecule has 0 aliphatic carbocycles. The maximum atomic E-state index is 12.0. The number of nitrogens with one attached hydrogen (secondary N) is 1. The van der Waals surface area contributed by atoms with Crippen molar-refractivity contribution in [2.75, 3.05) is 13.1 Å². The van der Waals surface area contributed by atoms with E-state index < -0.39 is 12.1 Å². The summed E-state index contributed by atoms with van der Waals surface area (Å²) in [7, 11) is 0. The lowest BCUT2D eigenvalue weighted by Crippen LogP contribution is -2.38. The van der Waals surface area contributed by atoms with E-state index in [0.717, 1.165) is 6.42 Å². The molecule has 2 rings (SSSR count). The number of carboxylic acid groups (broad SMARTS) is 1. The van der Waals surface area contributed by atoms with Crippen LogP contribution < -0.4 is 5.32 Å². The summed E-state index contributed by atoms with van der Waals surface area (Å²) in [6.45, 7) is 2.81. The van der Waals surface area contributed by atoms with Crippen LogP contribution in [0.2, 0.25) is 0 Å². The summed E-state index contributed by atoms with van der Waals surface area (Å²) < 4.78 is 1.20. The van der Waals surface area contributed by atoms with Gasteiger partial charge in [0.15, 0.2) is 0 Å². The summed E-state index contributed by atoms with van der Waals surface area (Å²) in [5.41, 5.74) is 0.496. The number of hydrogen-bond donors (Lipinski definition) is 3. The van der Waals surface area contributed by atoms with Crippen LogP contribution in [0.15, 0.2) is 6.20 Å². The third kappa shape index (κ3) is 4.15. The fraction of sp³-hybridized carbons (Fsp3) is 0.667. The van der Waals surface area contributed by atoms with Gasteiger partial charge in [-0.05, 0) is 13.3 Å². The van der Waals surface area contributed by atoms with Gasteiger partial charge in [0, 0.05) is 19.0 Å². The van der Waals surface area contributed by atoms with Gasteiger partial charge in [-0.15, -0.1) is 5.10 Å². The van der Waals surface area contributed by atoms with Crippen LogP contribution in [0.5, 0.6) is 0 Å². The Bertz CT molecular complexity index is 516. The van der Waals surface area contributed by atoms with Crippen LogP contribution in [0, 0.1) is 5.92 Å². The maximum Gasteiger partial charge on any atom is 0.325 e. The van der Waals surface area contributed by atoms with Gasteiger partial charge in [0.1, 0.15) is 12.2 Å². The van der Waals surface area contributed by atoms with Crippen LogP contribution in [-0.2, 0) is 17.9 Å². The van der Waals surface area contributed by atoms with Gasteiger partial charge in [-0.1, -0.05) is 5.21 Å². The molecular formula is C12H19N5O4. The fourth-order valence-corrected chi connectivity index (χ4v) is 2.28. The Morgan fingerprint density at radius 1 is 1.57 bits per heavy atom. The van der Waals surface area contributed by atoms with E-state index in [-0.39, 0.29) is 25.0 Å². The molecule has 9 heteroatoms. The van der Waals surface area contributed by atoms with E-state index in [1.165, 1.54) is 10.9 Å². The van der Waals surface area contributed by atoms with E-state index in [4.69, 9.17) is 5.11 Å². The number of aliphatic hydroxyl groups excluding tert-OH is 1. The number of likely N-dealkylation sites (tertiary alicyclic amines) is 1. The predicted octanol–water partition coefficient (Wildman–Crippen LogP) is -0.725. The predicted molar refractivity (Wildman–Crippen MR) is 71.3 cm³/mol. The Labute approximate surface area is 121 Å². The highest BCUT2D eigenvalue weighted by molar-refractivity contribution is 5.74. The van der Waals surface area contributed by atoms with Gasteiger partial charge in [-0.3, -0.25) is 4.79 Å². The third-order valence-electron chi connectivity index (χ3n) is 3.50. The molecule has 1 aromatic heterocycles. The van der Waals surface area contributed by atoms with Gasteiger partial charge in [-0.25, -0.2) is 9.48 Å². The fourth-order valence-electron chi connectivity index (χ4n) is 2.28. The van der Waals surface area contributed by atoms with Crippen LogP contribution in [0.25, 0.3) is 0 Å². The molecule has 0 spiro atoms. The Morgan fingerprint density at radius 3 is 2.95 bits per heavy atom. The number of aliphatic hydroxyl groups is 1. The Balaban J connectivity index is 1.79. The molecule has 3 N–H and O–H groups in total. The molecule has 2 unspecified atom stereocenters. The van der Waals surface area contributed by atoms with Crippen LogP contribution in [0.3, 0.4) is 0 Å². The number of hydrogen-bond acceptors (Lipinski definition) is 5. The third-order valence-corrected chi connectivity index (χ3v) is 3.50. The molecule has 0 aromatic carbocycles. The molecule has 2 amide bonds. The molecule has 1 fully saturated rings. The summed E-state index contributed by atoms with van der Waals surface area (Å²) in [5.74, 6) is -0.885. The average molecular weight is 297 g/mol. The summed E-state index contributed by atoms with van der Waals surface area (Å²) in [5, 5.41) is 28.3. The minimum absolute atomic E-state index is 0.118. The molecule has 21 heavy (non-hydrogen) atoms. The highest BCUT2D eigenvalue weighted by atomic mass is 16.4. The van der Waals surface area contributed by atoms with E-state index in [0.29, 0.717) is 18.8 Å². The molecular weight excluding hydrogens is 278 g/mol. The van der Waals surface area contributed by atoms with Gasteiger partial charge in [0.25, 0.3) is 0 Å². The first kappa shape index (κ1) is 15.2. The van der Waals surface area contributed by atoms with Crippen LogP contribution in [0.1, 0.15) is 19.0 Å². The van der Waals surface area contributed by atoms with Crippen LogP contribution in [-0.4, -0.2) is 61.3 Å². The van der Waals surface area contributed by atoms with Crippen molar-refractivity contribution in [3.8, 4) is 0 Å². The minimum atomic E-state index is -1.00. The second-order valence-electron chi connectivity index (χ2n) is 5.20. The maximum absolute atomic E-state index is 12.0. The van der Waals surface area contributed by atoms with E-state index >= 15 is 0 Å². The van der Waals surface area contributed by atoms with E-state index in [2.05, 4.69) is 15.6 Å². The lowest BCUT2D eigenvalue weighted by atomic mass is 10.0. The number of nitrogens with zero attached hydrogens (tertiary/aromatic N) is 4. The molecule has 1 aromatic rings. The topological polar surface area (TPSA) is 121 Å². The first-order valence-corrected chi connectivity index (χ1v) is 6.77. The lowest BCUT2D eigenvalue weighted by molar-refractivity contribution is -0.137. The number of aliphatic carboxylic acids is 1. The second-order valence-corrected chi connectivity index (χ2v) is 5.20. The molecule has 0 saturated carbocycles. The van der Waals surface area contributed by atoms with E-state index in [1.54, 1.807) is 11.8 Å². The molecule has 9 nitrogen and oxygen atoms in total. The van der Waals surface area contributed by atoms with Gasteiger partial charge in [0.05, 0.1) is 18.8 Å². The molecule has 2 heterocycles. The van der Waals surface area contributed by atoms with Crippen molar-refractivity contribution in [3.63, 3.8) is 0 Å². The van der Waals surface area contributed by atoms with Crippen molar-refractivity contribution in [3.05, 3.63) is 11.9 Å². The molecule has 2 atom stereocenters. The monoisotopic (exact) mass is 297 g/mol. The quantitative estimate of drug-likeness (QED) is 0.659. The zero-order valence-electron chi connectivity index (χ0n) is 11.8. The number of aromatic nitrogens is 3. The number of carboxylic acids is 1. The number of rotatable bonds is 5. The normalized spacial score (nSPS) is 19.5. The summed E-state index contributed by atoms with van der Waals surface area (Å²) in [6.07, 6.45) is 1.86. The molecule has 1 aliphatic rings. The van der Waals surface area contributed by atoms with E-state index in [9.17, 15) is 14.7 Å². The average Bonchev–Trinajstić information content (AvgIpc) is 3.04. The van der Waals surface area contributed by atoms with Crippen LogP contribution >= 0.6 is 0 Å². The molecule has 0 bridgehead atoms. The van der Waals surface area contributed by atoms with Crippen molar-refractivity contribution < 1.29 is 19.8 Å². The highest BCUT2D eigenvalue weighted by Crippen LogP contribution is 2.19. The first-order chi connectivity index (χ1) is 9.95. The Hall–Kier alpha value is -2.16. The van der Waals surface area contributed by atoms with Crippen molar-refractivity contribution >= 4 is 12.0 Å². The molecule has 1 aliphatic heterocycles. The molecule has 0 radical (unpaired) electrons. The number of urea groups is 1. The second kappa shape index (κ2) is 6.53. The Kier molecular flexibility index (Phi) is 4.73. The summed E-state index contributed by atoms with van der Waals surface area (Å²) in [6, 6.07) is -0.217. The zero-order valence-corrected chi connectivity index (χ0v) is 11.8. The summed E-state index contributed by atoms with van der Waals surface area (Å²) in [4.78, 5) is 24.1. The van der Waals surface area contributed by atoms with Crippen molar-refractivity contribution in [2.24, 2.45) is 5.92 Å². The number of carbonyl (C=O) groups is 2. The minimum Gasteiger partial charge on any atom is -0.480 e. The molecule has 116 valence electrons. The van der Waals surface area contributed by atoms with Crippen LogP contribution in [0.4, 0.5) is 4.79 Å². The lowest BCUT2D eigenvalue weighted by Gasteiger charge is -2.17. The van der Waals surface area contributed by atoms with Gasteiger partial charge in [-0.2, -0.15) is 0 Å².